The van der Waals surface area contributed by atoms with Gasteiger partial charge in [-0.15, -0.1) is 0 Å². The number of likely N-dealkylation sites (tertiary alicyclic amines) is 1. The summed E-state index contributed by atoms with van der Waals surface area (Å²) in [6.45, 7) is 1.06. The molecule has 0 unspecified atom stereocenters. The summed E-state index contributed by atoms with van der Waals surface area (Å²) in [5.41, 5.74) is 0.463. The molecule has 0 spiro atoms. The summed E-state index contributed by atoms with van der Waals surface area (Å²) in [6, 6.07) is 6.01. The molecule has 2 heterocycles. The first-order valence-electron chi connectivity index (χ1n) is 8.51. The first-order valence-corrected chi connectivity index (χ1v) is 9.95. The average Bonchev–Trinajstić information content (AvgIpc) is 3.32. The zero-order chi connectivity index (χ0) is 18.5. The van der Waals surface area contributed by atoms with Crippen molar-refractivity contribution in [3.63, 3.8) is 0 Å². The number of carbonyl (C=O) groups excluding carboxylic acids is 1. The third kappa shape index (κ3) is 3.01. The molecule has 26 heavy (non-hydrogen) atoms. The average molecular weight is 376 g/mol. The largest absolute Gasteiger partial charge is 0.339 e. The molecular weight excluding hydrogens is 356 g/mol. The molecule has 1 aromatic carbocycles. The number of carbonyl (C=O) groups is 1. The van der Waals surface area contributed by atoms with Gasteiger partial charge in [-0.1, -0.05) is 5.16 Å². The second kappa shape index (κ2) is 6.17. The minimum absolute atomic E-state index is 0.0762. The molecule has 1 aliphatic carbocycles. The van der Waals surface area contributed by atoms with Gasteiger partial charge in [0.15, 0.2) is 5.82 Å². The number of aromatic nitrogens is 2. The van der Waals surface area contributed by atoms with Crippen LogP contribution in [0.4, 0.5) is 0 Å². The van der Waals surface area contributed by atoms with Crippen LogP contribution in [0.25, 0.3) is 0 Å². The van der Waals surface area contributed by atoms with Crippen molar-refractivity contribution in [1.82, 2.24) is 19.3 Å². The molecule has 2 aliphatic rings. The Morgan fingerprint density at radius 3 is 2.38 bits per heavy atom. The van der Waals surface area contributed by atoms with Crippen LogP contribution in [-0.2, 0) is 10.0 Å². The summed E-state index contributed by atoms with van der Waals surface area (Å²) in [4.78, 5) is 18.8. The summed E-state index contributed by atoms with van der Waals surface area (Å²) in [6.07, 6.45) is 2.24. The standard InChI is InChI=1S/C17H20N4O4S/c1-20(2)26(23,24)14-7-5-12(6-8-14)17(22)21-9-13(10-21)16-18-15(19-25-16)11-3-4-11/h5-8,11,13H,3-4,9-10H2,1-2H3. The van der Waals surface area contributed by atoms with Crippen molar-refractivity contribution in [1.29, 1.82) is 0 Å². The minimum atomic E-state index is -3.49. The second-order valence-corrected chi connectivity index (χ2v) is 9.14. The number of hydrogen-bond donors (Lipinski definition) is 0. The summed E-state index contributed by atoms with van der Waals surface area (Å²) in [7, 11) is -0.549. The molecule has 138 valence electrons. The van der Waals surface area contributed by atoms with Gasteiger partial charge in [0.05, 0.1) is 10.8 Å². The summed E-state index contributed by atoms with van der Waals surface area (Å²) in [5, 5.41) is 4.01. The van der Waals surface area contributed by atoms with E-state index in [2.05, 4.69) is 10.1 Å². The summed E-state index contributed by atoms with van der Waals surface area (Å²) in [5.74, 6) is 1.78. The smallest absolute Gasteiger partial charge is 0.253 e. The van der Waals surface area contributed by atoms with E-state index >= 15 is 0 Å². The Hall–Kier alpha value is -2.26. The van der Waals surface area contributed by atoms with Crippen molar-refractivity contribution in [2.75, 3.05) is 27.2 Å². The first-order chi connectivity index (χ1) is 12.4. The number of benzene rings is 1. The molecule has 0 N–H and O–H groups in total. The van der Waals surface area contributed by atoms with Gasteiger partial charge in [0.1, 0.15) is 0 Å². The van der Waals surface area contributed by atoms with Gasteiger partial charge in [0, 0.05) is 38.7 Å². The molecule has 8 nitrogen and oxygen atoms in total. The molecule has 2 fully saturated rings. The van der Waals surface area contributed by atoms with Crippen molar-refractivity contribution in [2.45, 2.75) is 29.6 Å². The van der Waals surface area contributed by atoms with Crippen molar-refractivity contribution in [3.05, 3.63) is 41.5 Å². The highest BCUT2D eigenvalue weighted by Crippen LogP contribution is 2.39. The van der Waals surface area contributed by atoms with Crippen LogP contribution in [0.2, 0.25) is 0 Å². The predicted octanol–water partition coefficient (Wildman–Crippen LogP) is 1.44. The number of hydrogen-bond acceptors (Lipinski definition) is 6. The SMILES string of the molecule is CN(C)S(=O)(=O)c1ccc(C(=O)N2CC(c3nc(C4CC4)no3)C2)cc1. The topological polar surface area (TPSA) is 96.6 Å². The van der Waals surface area contributed by atoms with Gasteiger partial charge in [0.25, 0.3) is 5.91 Å². The third-order valence-electron chi connectivity index (χ3n) is 4.80. The van der Waals surface area contributed by atoms with Crippen LogP contribution in [0.1, 0.15) is 46.8 Å². The number of rotatable bonds is 5. The fourth-order valence-corrected chi connectivity index (χ4v) is 3.79. The van der Waals surface area contributed by atoms with E-state index in [-0.39, 0.29) is 16.7 Å². The second-order valence-electron chi connectivity index (χ2n) is 6.98. The van der Waals surface area contributed by atoms with Gasteiger partial charge in [-0.25, -0.2) is 12.7 Å². The van der Waals surface area contributed by atoms with Gasteiger partial charge in [0.2, 0.25) is 15.9 Å². The van der Waals surface area contributed by atoms with Crippen LogP contribution < -0.4 is 0 Å². The fraction of sp³-hybridized carbons (Fsp3) is 0.471. The molecular formula is C17H20N4O4S. The normalized spacial score (nSPS) is 18.2. The first kappa shape index (κ1) is 17.2. The highest BCUT2D eigenvalue weighted by atomic mass is 32.2. The minimum Gasteiger partial charge on any atom is -0.339 e. The van der Waals surface area contributed by atoms with Gasteiger partial charge < -0.3 is 9.42 Å². The van der Waals surface area contributed by atoms with E-state index in [0.717, 1.165) is 23.0 Å². The zero-order valence-electron chi connectivity index (χ0n) is 14.6. The lowest BCUT2D eigenvalue weighted by molar-refractivity contribution is 0.0569. The van der Waals surface area contributed by atoms with E-state index in [1.54, 1.807) is 17.0 Å². The predicted molar refractivity (Wildman–Crippen MR) is 92.2 cm³/mol. The molecule has 1 saturated heterocycles. The maximum absolute atomic E-state index is 12.5. The van der Waals surface area contributed by atoms with Gasteiger partial charge in [-0.2, -0.15) is 4.98 Å². The molecule has 0 radical (unpaired) electrons. The van der Waals surface area contributed by atoms with Crippen LogP contribution >= 0.6 is 0 Å². The highest BCUT2D eigenvalue weighted by Gasteiger charge is 2.37. The Morgan fingerprint density at radius 2 is 1.81 bits per heavy atom. The zero-order valence-corrected chi connectivity index (χ0v) is 15.4. The summed E-state index contributed by atoms with van der Waals surface area (Å²) >= 11 is 0. The Morgan fingerprint density at radius 1 is 1.15 bits per heavy atom. The molecule has 1 aliphatic heterocycles. The molecule has 9 heteroatoms. The fourth-order valence-electron chi connectivity index (χ4n) is 2.88. The number of sulfonamides is 1. The molecule has 2 aromatic rings. The quantitative estimate of drug-likeness (QED) is 0.783. The van der Waals surface area contributed by atoms with Crippen LogP contribution in [0.15, 0.2) is 33.7 Å². The lowest BCUT2D eigenvalue weighted by Crippen LogP contribution is -2.48. The van der Waals surface area contributed by atoms with E-state index in [1.165, 1.54) is 26.2 Å². The van der Waals surface area contributed by atoms with Crippen molar-refractivity contribution in [2.24, 2.45) is 0 Å². The number of amides is 1. The van der Waals surface area contributed by atoms with Crippen molar-refractivity contribution < 1.29 is 17.7 Å². The van der Waals surface area contributed by atoms with Crippen molar-refractivity contribution >= 4 is 15.9 Å². The Labute approximate surface area is 151 Å². The molecule has 0 bridgehead atoms. The lowest BCUT2D eigenvalue weighted by Gasteiger charge is -2.37. The maximum atomic E-state index is 12.5. The molecule has 1 saturated carbocycles. The Bertz CT molecular complexity index is 926. The van der Waals surface area contributed by atoms with E-state index in [0.29, 0.717) is 30.5 Å². The molecule has 1 aromatic heterocycles. The Kier molecular flexibility index (Phi) is 4.07. The molecule has 0 atom stereocenters. The number of nitrogens with zero attached hydrogens (tertiary/aromatic N) is 4. The van der Waals surface area contributed by atoms with E-state index in [1.807, 2.05) is 0 Å². The maximum Gasteiger partial charge on any atom is 0.253 e. The van der Waals surface area contributed by atoms with Crippen LogP contribution in [0.3, 0.4) is 0 Å². The van der Waals surface area contributed by atoms with Gasteiger partial charge in [-0.3, -0.25) is 4.79 Å². The van der Waals surface area contributed by atoms with Gasteiger partial charge in [-0.05, 0) is 37.1 Å². The summed E-state index contributed by atoms with van der Waals surface area (Å²) < 4.78 is 30.6. The van der Waals surface area contributed by atoms with Crippen LogP contribution in [-0.4, -0.2) is 60.9 Å². The van der Waals surface area contributed by atoms with Crippen LogP contribution in [0.5, 0.6) is 0 Å². The third-order valence-corrected chi connectivity index (χ3v) is 6.63. The lowest BCUT2D eigenvalue weighted by atomic mass is 9.99. The molecule has 4 rings (SSSR count). The van der Waals surface area contributed by atoms with E-state index < -0.39 is 10.0 Å². The molecule has 1 amide bonds. The van der Waals surface area contributed by atoms with E-state index in [4.69, 9.17) is 4.52 Å². The van der Waals surface area contributed by atoms with Crippen molar-refractivity contribution in [3.8, 4) is 0 Å². The van der Waals surface area contributed by atoms with Crippen LogP contribution in [0, 0.1) is 0 Å². The monoisotopic (exact) mass is 376 g/mol. The highest BCUT2D eigenvalue weighted by molar-refractivity contribution is 7.89. The van der Waals surface area contributed by atoms with Gasteiger partial charge >= 0.3 is 0 Å². The van der Waals surface area contributed by atoms with E-state index in [9.17, 15) is 13.2 Å². The Balaban J connectivity index is 1.39.